The van der Waals surface area contributed by atoms with Crippen LogP contribution in [0.15, 0.2) is 49.2 Å². The van der Waals surface area contributed by atoms with Crippen molar-refractivity contribution in [3.8, 4) is 11.4 Å². The number of cyclic esters (lactones) is 1. The third-order valence-corrected chi connectivity index (χ3v) is 15.0. The number of rotatable bonds is 9. The fraction of sp³-hybridized carbons (Fsp3) is 0.596. The number of methoxy groups -OCH3 is 1. The number of fused-ring (bicyclic) bond motifs is 6. The number of likely N-dealkylation sites (N-methyl/N-ethyl adjacent to an activating group) is 1. The lowest BCUT2D eigenvalue weighted by Crippen LogP contribution is -2.63. The number of alkyl halides is 3. The second-order valence-corrected chi connectivity index (χ2v) is 21.3. The number of halogens is 3. The number of nitrogens with one attached hydrogen (secondary N) is 2. The summed E-state index contributed by atoms with van der Waals surface area (Å²) < 4.78 is 64.9. The number of aromatic nitrogens is 4. The summed E-state index contributed by atoms with van der Waals surface area (Å²) in [7, 11) is 4.74. The number of urea groups is 1. The molecule has 5 amide bonds. The number of hydrazine groups is 1. The number of esters is 1. The molecule has 5 aliphatic rings. The number of hydrogen-bond acceptors (Lipinski definition) is 12. The first-order chi connectivity index (χ1) is 35.0. The van der Waals surface area contributed by atoms with Crippen molar-refractivity contribution >= 4 is 41.1 Å². The van der Waals surface area contributed by atoms with Crippen molar-refractivity contribution in [3.05, 3.63) is 71.8 Å². The molecule has 5 atom stereocenters. The van der Waals surface area contributed by atoms with Crippen molar-refractivity contribution in [2.24, 2.45) is 18.4 Å². The lowest BCUT2D eigenvalue weighted by molar-refractivity contribution is -0.480. The van der Waals surface area contributed by atoms with Gasteiger partial charge in [0.1, 0.15) is 18.1 Å². The predicted molar refractivity (Wildman–Crippen MR) is 265 cm³/mol. The van der Waals surface area contributed by atoms with E-state index >= 15 is 0 Å². The lowest BCUT2D eigenvalue weighted by atomic mass is 9.77. The fourth-order valence-corrected chi connectivity index (χ4v) is 11.2. The van der Waals surface area contributed by atoms with Gasteiger partial charge in [-0.05, 0) is 75.3 Å². The van der Waals surface area contributed by atoms with E-state index in [1.807, 2.05) is 33.8 Å². The molecule has 3 fully saturated rings. The van der Waals surface area contributed by atoms with Crippen molar-refractivity contribution < 1.29 is 55.9 Å². The zero-order chi connectivity index (χ0) is 53.4. The highest BCUT2D eigenvalue weighted by atomic mass is 19.4. The van der Waals surface area contributed by atoms with Gasteiger partial charge in [0.25, 0.3) is 5.91 Å². The number of benzene rings is 1. The molecule has 0 saturated carbocycles. The number of piperidine rings is 1. The molecule has 6 bridgehead atoms. The SMILES string of the molecule is C=CC(=O)N1CCOC2(CCN(C(=O)N(C)[C@H](C(=O)N[C@H]3Cc4nc(n(C)n4)-c4ccc5c(c4)C(CC(C)(C)COC(=O)[C@@H]4CCCN(N4)C3=O)C(c3cccnc3[C@H](C)OC)=[N+]5CC(F)(F)F)C(C)C)CC2)C1. The molecule has 22 heteroatoms. The van der Waals surface area contributed by atoms with E-state index in [-0.39, 0.29) is 43.8 Å². The van der Waals surface area contributed by atoms with Gasteiger partial charge in [0.2, 0.25) is 24.0 Å². The summed E-state index contributed by atoms with van der Waals surface area (Å²) >= 11 is 0. The van der Waals surface area contributed by atoms with Gasteiger partial charge in [0, 0.05) is 82.6 Å². The summed E-state index contributed by atoms with van der Waals surface area (Å²) in [4.78, 5) is 84.3. The summed E-state index contributed by atoms with van der Waals surface area (Å²) in [5.74, 6) is -2.47. The van der Waals surface area contributed by atoms with Gasteiger partial charge in [-0.15, -0.1) is 0 Å². The second-order valence-electron chi connectivity index (χ2n) is 21.3. The number of aryl methyl sites for hydroxylation is 1. The largest absolute Gasteiger partial charge is 0.464 e. The van der Waals surface area contributed by atoms with Crippen LogP contribution in [0.1, 0.15) is 101 Å². The van der Waals surface area contributed by atoms with E-state index in [2.05, 4.69) is 22.3 Å². The monoisotopic (exact) mass is 1030 g/mol. The first-order valence-electron chi connectivity index (χ1n) is 25.4. The molecule has 7 heterocycles. The fourth-order valence-electron chi connectivity index (χ4n) is 11.2. The molecule has 1 spiro atoms. The summed E-state index contributed by atoms with van der Waals surface area (Å²) in [6, 6.07) is 4.96. The van der Waals surface area contributed by atoms with E-state index in [4.69, 9.17) is 24.3 Å². The Morgan fingerprint density at radius 3 is 2.53 bits per heavy atom. The zero-order valence-electron chi connectivity index (χ0n) is 43.5. The van der Waals surface area contributed by atoms with Gasteiger partial charge in [-0.1, -0.05) is 34.3 Å². The Labute approximate surface area is 429 Å². The minimum atomic E-state index is -4.61. The number of nitrogens with zero attached hydrogens (tertiary/aromatic N) is 9. The van der Waals surface area contributed by atoms with Crippen LogP contribution in [0.5, 0.6) is 0 Å². The topological polar surface area (TPSA) is 197 Å². The van der Waals surface area contributed by atoms with Crippen LogP contribution in [0.3, 0.4) is 0 Å². The van der Waals surface area contributed by atoms with Crippen molar-refractivity contribution in [3.63, 3.8) is 0 Å². The number of amides is 5. The molecule has 2 aromatic heterocycles. The summed E-state index contributed by atoms with van der Waals surface area (Å²) in [5.41, 5.74) is 4.47. The maximum atomic E-state index is 14.8. The number of ether oxygens (including phenoxy) is 3. The number of likely N-dealkylation sites (tertiary alicyclic amines) is 1. The molecule has 400 valence electrons. The Hall–Kier alpha value is -6.26. The van der Waals surface area contributed by atoms with Crippen LogP contribution in [-0.4, -0.2) is 176 Å². The number of carbonyl (C=O) groups excluding carboxylic acids is 5. The van der Waals surface area contributed by atoms with Gasteiger partial charge in [-0.2, -0.15) is 22.8 Å². The van der Waals surface area contributed by atoms with Crippen LogP contribution in [0.4, 0.5) is 23.7 Å². The van der Waals surface area contributed by atoms with E-state index in [0.29, 0.717) is 98.1 Å². The molecular weight excluding hydrogens is 964 g/mol. The Morgan fingerprint density at radius 1 is 1.09 bits per heavy atom. The first-order valence-corrected chi connectivity index (χ1v) is 25.4. The van der Waals surface area contributed by atoms with Gasteiger partial charge >= 0.3 is 18.2 Å². The lowest BCUT2D eigenvalue weighted by Gasteiger charge is -2.47. The van der Waals surface area contributed by atoms with Gasteiger partial charge in [-0.3, -0.25) is 29.2 Å². The smallest absolute Gasteiger partial charge is 0.448 e. The summed E-state index contributed by atoms with van der Waals surface area (Å²) in [5, 5.41) is 8.96. The molecule has 0 radical (unpaired) electrons. The molecule has 0 aliphatic carbocycles. The molecular formula is C52H69F3N11O8+. The summed E-state index contributed by atoms with van der Waals surface area (Å²) in [6.45, 7) is 13.5. The van der Waals surface area contributed by atoms with Crippen molar-refractivity contribution in [2.75, 3.05) is 66.6 Å². The zero-order valence-corrected chi connectivity index (χ0v) is 43.5. The third-order valence-electron chi connectivity index (χ3n) is 15.0. The predicted octanol–water partition coefficient (Wildman–Crippen LogP) is 4.83. The highest BCUT2D eigenvalue weighted by molar-refractivity contribution is 6.06. The van der Waals surface area contributed by atoms with Crippen LogP contribution >= 0.6 is 0 Å². The molecule has 5 aliphatic heterocycles. The maximum Gasteiger partial charge on any atom is 0.448 e. The van der Waals surface area contributed by atoms with Crippen LogP contribution < -0.4 is 10.7 Å². The highest BCUT2D eigenvalue weighted by Gasteiger charge is 2.49. The average Bonchev–Trinajstić information content (AvgIpc) is 3.88. The maximum absolute atomic E-state index is 14.8. The molecule has 3 aromatic rings. The Kier molecular flexibility index (Phi) is 15.7. The van der Waals surface area contributed by atoms with Gasteiger partial charge in [0.05, 0.1) is 48.6 Å². The van der Waals surface area contributed by atoms with E-state index in [9.17, 15) is 37.1 Å². The van der Waals surface area contributed by atoms with Crippen LogP contribution in [0, 0.1) is 11.3 Å². The molecule has 8 rings (SSSR count). The molecule has 3 saturated heterocycles. The van der Waals surface area contributed by atoms with E-state index < -0.39 is 77.6 Å². The summed E-state index contributed by atoms with van der Waals surface area (Å²) in [6.07, 6.45) is -0.509. The Morgan fingerprint density at radius 2 is 1.84 bits per heavy atom. The van der Waals surface area contributed by atoms with Crippen molar-refractivity contribution in [1.82, 2.24) is 50.2 Å². The molecule has 74 heavy (non-hydrogen) atoms. The third kappa shape index (κ3) is 11.4. The standard InChI is InChI=1S/C52H68F3N11O8/c1-10-41(67)64-23-24-74-51(28-64)17-21-63(22-18-51)49(71)61(7)43(31(2)3)46(68)57-38-26-40-58-45(62(8)60-40)33-15-16-39-35(25-33)36(27-50(5,6)30-73-48(70)37-14-12-20-66(59-37)47(38)69)44(65(39)29-52(53,54)55)34-13-11-19-56-42(34)32(4)72-9/h10-11,13,15-16,19,25,31-32,36-38,43,59H,1,12,14,17-18,20-24,26-30H2,2-9H3/p+1/t32-,36?,37-,38-,43-/m0/s1. The molecule has 2 N–H and O–H groups in total. The minimum Gasteiger partial charge on any atom is -0.464 e. The molecule has 1 aromatic carbocycles. The number of pyridine rings is 1. The first kappa shape index (κ1) is 54.0. The quantitative estimate of drug-likeness (QED) is 0.169. The molecule has 19 nitrogen and oxygen atoms in total. The second kappa shape index (κ2) is 21.5. The van der Waals surface area contributed by atoms with Crippen LogP contribution in [0.2, 0.25) is 0 Å². The van der Waals surface area contributed by atoms with Crippen LogP contribution in [-0.2, 0) is 46.9 Å². The van der Waals surface area contributed by atoms with Crippen LogP contribution in [0.25, 0.3) is 11.4 Å². The van der Waals surface area contributed by atoms with Crippen molar-refractivity contribution in [1.29, 1.82) is 0 Å². The van der Waals surface area contributed by atoms with Gasteiger partial charge in [0.15, 0.2) is 17.4 Å². The highest BCUT2D eigenvalue weighted by Crippen LogP contribution is 2.47. The van der Waals surface area contributed by atoms with E-state index in [1.165, 1.54) is 32.4 Å². The Balaban J connectivity index is 1.12. The van der Waals surface area contributed by atoms with E-state index in [0.717, 1.165) is 0 Å². The van der Waals surface area contributed by atoms with Gasteiger partial charge in [-0.25, -0.2) is 19.9 Å². The number of hydrogen-bond donors (Lipinski definition) is 2. The minimum absolute atomic E-state index is 0.0972. The normalized spacial score (nSPS) is 23.0. The Bertz CT molecular complexity index is 2680. The van der Waals surface area contributed by atoms with E-state index in [1.54, 1.807) is 61.3 Å². The van der Waals surface area contributed by atoms with Gasteiger partial charge < -0.3 is 34.2 Å². The van der Waals surface area contributed by atoms with Crippen molar-refractivity contribution in [2.45, 2.75) is 115 Å². The number of carbonyl (C=O) groups is 5. The number of morpholine rings is 1. The molecule has 1 unspecified atom stereocenters. The average molecular weight is 1030 g/mol.